The van der Waals surface area contributed by atoms with Gasteiger partial charge in [-0.05, 0) is 19.4 Å². The van der Waals surface area contributed by atoms with Gasteiger partial charge >= 0.3 is 0 Å². The molecule has 2 aliphatic heterocycles. The molecule has 0 unspecified atom stereocenters. The van der Waals surface area contributed by atoms with E-state index in [9.17, 15) is 19.7 Å². The molecular formula is C17H21N3O6. The average Bonchev–Trinajstić information content (AvgIpc) is 2.63. The molecule has 9 heteroatoms. The first-order chi connectivity index (χ1) is 12.4. The molecule has 3 rings (SSSR count). The number of rotatable bonds is 4. The first-order valence-electron chi connectivity index (χ1n) is 8.53. The highest BCUT2D eigenvalue weighted by Gasteiger charge is 2.34. The number of nitro groups is 1. The highest BCUT2D eigenvalue weighted by atomic mass is 16.6. The van der Waals surface area contributed by atoms with Crippen molar-refractivity contribution in [2.45, 2.75) is 32.4 Å². The van der Waals surface area contributed by atoms with E-state index in [4.69, 9.17) is 9.47 Å². The number of non-ortho nitro benzene ring substituents is 1. The number of ether oxygens (including phenoxy) is 2. The molecule has 0 saturated carbocycles. The van der Waals surface area contributed by atoms with Crippen LogP contribution in [0.2, 0.25) is 0 Å². The van der Waals surface area contributed by atoms with Crippen molar-refractivity contribution in [3.05, 3.63) is 28.3 Å². The second-order valence-corrected chi connectivity index (χ2v) is 6.43. The van der Waals surface area contributed by atoms with Gasteiger partial charge in [-0.1, -0.05) is 6.92 Å². The number of carbonyl (C=O) groups excluding carboxylic acids is 2. The molecule has 1 fully saturated rings. The number of nitrogens with zero attached hydrogens (tertiary/aromatic N) is 3. The molecular weight excluding hydrogens is 342 g/mol. The largest absolute Gasteiger partial charge is 0.482 e. The Balaban J connectivity index is 1.85. The first kappa shape index (κ1) is 18.1. The minimum atomic E-state index is -0.546. The van der Waals surface area contributed by atoms with E-state index in [0.717, 1.165) is 6.42 Å². The Morgan fingerprint density at radius 1 is 1.42 bits per heavy atom. The maximum Gasteiger partial charge on any atom is 0.271 e. The van der Waals surface area contributed by atoms with Crippen molar-refractivity contribution in [3.8, 4) is 5.75 Å². The monoisotopic (exact) mass is 363 g/mol. The van der Waals surface area contributed by atoms with Crippen molar-refractivity contribution >= 4 is 23.2 Å². The standard InChI is InChI=1S/C17H21N3O6/c1-3-12-9-25-11(2)7-18(12)16(21)8-19-14-6-13(20(23)24)4-5-15(14)26-10-17(19)22/h4-6,11-12H,3,7-10H2,1-2H3/t11-,12+/m1/s1. The van der Waals surface area contributed by atoms with Crippen molar-refractivity contribution in [2.24, 2.45) is 0 Å². The molecule has 1 aromatic rings. The van der Waals surface area contributed by atoms with Crippen LogP contribution in [0.1, 0.15) is 20.3 Å². The number of hydrogen-bond acceptors (Lipinski definition) is 6. The van der Waals surface area contributed by atoms with E-state index < -0.39 is 10.8 Å². The molecule has 2 amide bonds. The number of amides is 2. The van der Waals surface area contributed by atoms with Gasteiger partial charge in [-0.3, -0.25) is 24.6 Å². The van der Waals surface area contributed by atoms with Crippen molar-refractivity contribution in [3.63, 3.8) is 0 Å². The Hall–Kier alpha value is -2.68. The lowest BCUT2D eigenvalue weighted by Gasteiger charge is -2.39. The van der Waals surface area contributed by atoms with Gasteiger partial charge in [0.1, 0.15) is 12.3 Å². The van der Waals surface area contributed by atoms with Gasteiger partial charge in [0.25, 0.3) is 11.6 Å². The summed E-state index contributed by atoms with van der Waals surface area (Å²) in [6.07, 6.45) is 0.674. The smallest absolute Gasteiger partial charge is 0.271 e. The van der Waals surface area contributed by atoms with E-state index in [-0.39, 0.29) is 42.6 Å². The number of fused-ring (bicyclic) bond motifs is 1. The molecule has 0 aromatic heterocycles. The average molecular weight is 363 g/mol. The zero-order chi connectivity index (χ0) is 18.8. The second-order valence-electron chi connectivity index (χ2n) is 6.43. The molecule has 0 radical (unpaired) electrons. The lowest BCUT2D eigenvalue weighted by molar-refractivity contribution is -0.384. The quantitative estimate of drug-likeness (QED) is 0.591. The summed E-state index contributed by atoms with van der Waals surface area (Å²) < 4.78 is 10.9. The fourth-order valence-electron chi connectivity index (χ4n) is 3.19. The summed E-state index contributed by atoms with van der Waals surface area (Å²) in [7, 11) is 0. The summed E-state index contributed by atoms with van der Waals surface area (Å²) >= 11 is 0. The van der Waals surface area contributed by atoms with Crippen LogP contribution in [0, 0.1) is 10.1 Å². The van der Waals surface area contributed by atoms with Gasteiger partial charge in [-0.2, -0.15) is 0 Å². The highest BCUT2D eigenvalue weighted by molar-refractivity contribution is 6.02. The SMILES string of the molecule is CC[C@H]1CO[C@H](C)CN1C(=O)CN1C(=O)COc2ccc([N+](=O)[O-])cc21. The number of carbonyl (C=O) groups is 2. The van der Waals surface area contributed by atoms with Crippen LogP contribution in [0.4, 0.5) is 11.4 Å². The number of morpholine rings is 1. The van der Waals surface area contributed by atoms with E-state index in [1.165, 1.54) is 23.1 Å². The van der Waals surface area contributed by atoms with Gasteiger partial charge in [0.05, 0.1) is 29.4 Å². The van der Waals surface area contributed by atoms with Crippen molar-refractivity contribution in [1.82, 2.24) is 4.90 Å². The van der Waals surface area contributed by atoms with Gasteiger partial charge in [-0.15, -0.1) is 0 Å². The Kier molecular flexibility index (Phi) is 5.08. The summed E-state index contributed by atoms with van der Waals surface area (Å²) in [4.78, 5) is 38.6. The zero-order valence-electron chi connectivity index (χ0n) is 14.7. The molecule has 9 nitrogen and oxygen atoms in total. The molecule has 2 atom stereocenters. The number of nitro benzene ring substituents is 1. The lowest BCUT2D eigenvalue weighted by atomic mass is 10.1. The maximum atomic E-state index is 12.9. The van der Waals surface area contributed by atoms with Crippen molar-refractivity contribution in [1.29, 1.82) is 0 Å². The van der Waals surface area contributed by atoms with E-state index in [2.05, 4.69) is 0 Å². The molecule has 0 aliphatic carbocycles. The van der Waals surface area contributed by atoms with Gasteiger partial charge < -0.3 is 14.4 Å². The van der Waals surface area contributed by atoms with Crippen LogP contribution in [0.15, 0.2) is 18.2 Å². The van der Waals surface area contributed by atoms with Crippen LogP contribution in [0.5, 0.6) is 5.75 Å². The number of hydrogen-bond donors (Lipinski definition) is 0. The van der Waals surface area contributed by atoms with E-state index >= 15 is 0 Å². The van der Waals surface area contributed by atoms with Gasteiger partial charge in [-0.25, -0.2) is 0 Å². The third kappa shape index (κ3) is 3.48. The topological polar surface area (TPSA) is 102 Å². The highest BCUT2D eigenvalue weighted by Crippen LogP contribution is 2.35. The molecule has 0 N–H and O–H groups in total. The Labute approximate surface area is 150 Å². The molecule has 26 heavy (non-hydrogen) atoms. The number of anilines is 1. The lowest BCUT2D eigenvalue weighted by Crippen LogP contribution is -2.55. The van der Waals surface area contributed by atoms with Crippen LogP contribution >= 0.6 is 0 Å². The predicted molar refractivity (Wildman–Crippen MR) is 92.2 cm³/mol. The number of benzene rings is 1. The zero-order valence-corrected chi connectivity index (χ0v) is 14.7. The fraction of sp³-hybridized carbons (Fsp3) is 0.529. The van der Waals surface area contributed by atoms with E-state index in [1.54, 1.807) is 4.90 Å². The third-order valence-corrected chi connectivity index (χ3v) is 4.65. The van der Waals surface area contributed by atoms with Gasteiger partial charge in [0.2, 0.25) is 5.91 Å². The van der Waals surface area contributed by atoms with Crippen LogP contribution in [0.25, 0.3) is 0 Å². The van der Waals surface area contributed by atoms with E-state index in [0.29, 0.717) is 18.9 Å². The van der Waals surface area contributed by atoms with Gasteiger partial charge in [0, 0.05) is 18.7 Å². The maximum absolute atomic E-state index is 12.9. The normalized spacial score (nSPS) is 22.6. The summed E-state index contributed by atoms with van der Waals surface area (Å²) in [5, 5.41) is 11.0. The Morgan fingerprint density at radius 3 is 2.88 bits per heavy atom. The minimum Gasteiger partial charge on any atom is -0.482 e. The Morgan fingerprint density at radius 2 is 2.19 bits per heavy atom. The van der Waals surface area contributed by atoms with Crippen LogP contribution in [0.3, 0.4) is 0 Å². The molecule has 140 valence electrons. The molecule has 2 heterocycles. The van der Waals surface area contributed by atoms with E-state index in [1.807, 2.05) is 13.8 Å². The minimum absolute atomic E-state index is 0.0422. The summed E-state index contributed by atoms with van der Waals surface area (Å²) in [5.41, 5.74) is 0.0871. The summed E-state index contributed by atoms with van der Waals surface area (Å²) in [6.45, 7) is 4.40. The molecule has 1 saturated heterocycles. The van der Waals surface area contributed by atoms with Crippen LogP contribution < -0.4 is 9.64 Å². The fourth-order valence-corrected chi connectivity index (χ4v) is 3.19. The Bertz CT molecular complexity index is 737. The van der Waals surface area contributed by atoms with Crippen molar-refractivity contribution < 1.29 is 24.0 Å². The first-order valence-corrected chi connectivity index (χ1v) is 8.53. The predicted octanol–water partition coefficient (Wildman–Crippen LogP) is 1.35. The van der Waals surface area contributed by atoms with Crippen LogP contribution in [-0.2, 0) is 14.3 Å². The molecule has 0 bridgehead atoms. The summed E-state index contributed by atoms with van der Waals surface area (Å²) in [6, 6.07) is 3.98. The molecule has 1 aromatic carbocycles. The van der Waals surface area contributed by atoms with Gasteiger partial charge in [0.15, 0.2) is 6.61 Å². The molecule has 2 aliphatic rings. The summed E-state index contributed by atoms with van der Waals surface area (Å²) in [5.74, 6) is -0.259. The third-order valence-electron chi connectivity index (χ3n) is 4.65. The van der Waals surface area contributed by atoms with Crippen LogP contribution in [-0.4, -0.2) is 60.1 Å². The second kappa shape index (κ2) is 7.28. The molecule has 0 spiro atoms. The van der Waals surface area contributed by atoms with Crippen molar-refractivity contribution in [2.75, 3.05) is 31.2 Å².